The standard InChI is InChI=1S/C24H27FN6O3S/c1-23(2)22(26)29-24(3,13-35(23,32)31-15-6-7-15)16-9-14(5-8-17(16)25)20-10-18(30-34-20)19-11-28-21(33-4)12-27-19/h5,8-12,15H,6-7,13H2,1-4H3,(H2,26,29)/t24-,35?/m0/s1. The summed E-state index contributed by atoms with van der Waals surface area (Å²) in [5.74, 6) is 0.619. The number of hydrogen-bond acceptors (Lipinski definition) is 9. The van der Waals surface area contributed by atoms with Crippen LogP contribution in [0.15, 0.2) is 50.5 Å². The van der Waals surface area contributed by atoms with Crippen molar-refractivity contribution >= 4 is 15.6 Å². The quantitative estimate of drug-likeness (QED) is 0.564. The number of nitrogens with two attached hydrogens (primary N) is 1. The van der Waals surface area contributed by atoms with E-state index in [2.05, 4.69) is 24.5 Å². The molecule has 2 atom stereocenters. The van der Waals surface area contributed by atoms with E-state index in [0.29, 0.717) is 28.6 Å². The lowest BCUT2D eigenvalue weighted by Gasteiger charge is -2.40. The van der Waals surface area contributed by atoms with Crippen LogP contribution in [0.3, 0.4) is 0 Å². The summed E-state index contributed by atoms with van der Waals surface area (Å²) in [6.07, 6.45) is 4.84. The summed E-state index contributed by atoms with van der Waals surface area (Å²) in [5, 5.41) is 4.07. The maximum atomic E-state index is 15.2. The molecule has 0 bridgehead atoms. The Balaban J connectivity index is 1.54. The largest absolute Gasteiger partial charge is 0.480 e. The molecule has 3 aromatic rings. The number of halogens is 1. The predicted octanol–water partition coefficient (Wildman–Crippen LogP) is 3.94. The number of benzene rings is 1. The van der Waals surface area contributed by atoms with E-state index in [1.807, 2.05) is 0 Å². The van der Waals surface area contributed by atoms with Crippen molar-refractivity contribution in [1.82, 2.24) is 15.1 Å². The zero-order valence-corrected chi connectivity index (χ0v) is 20.8. The third-order valence-corrected chi connectivity index (χ3v) is 9.96. The molecule has 1 fully saturated rings. The van der Waals surface area contributed by atoms with Gasteiger partial charge in [0, 0.05) is 17.2 Å². The first kappa shape index (κ1) is 23.4. The van der Waals surface area contributed by atoms with Crippen LogP contribution < -0.4 is 10.5 Å². The van der Waals surface area contributed by atoms with E-state index in [1.165, 1.54) is 25.6 Å². The van der Waals surface area contributed by atoms with E-state index in [4.69, 9.17) is 15.0 Å². The van der Waals surface area contributed by atoms with Crippen molar-refractivity contribution in [2.24, 2.45) is 15.1 Å². The molecular formula is C24H27FN6O3S. The van der Waals surface area contributed by atoms with Crippen molar-refractivity contribution in [2.45, 2.75) is 49.9 Å². The number of methoxy groups -OCH3 is 1. The summed E-state index contributed by atoms with van der Waals surface area (Å²) < 4.78 is 43.6. The summed E-state index contributed by atoms with van der Waals surface area (Å²) >= 11 is 0. The lowest BCUT2D eigenvalue weighted by atomic mass is 9.91. The SMILES string of the molecule is COc1cnc(-c2cc(-c3ccc(F)c([C@]4(C)CS(=O)(=NC5CC5)C(C)(C)C(N)=N4)c3)on2)cn1. The minimum absolute atomic E-state index is 0.0711. The van der Waals surface area contributed by atoms with Crippen LogP contribution in [0.5, 0.6) is 5.88 Å². The Morgan fingerprint density at radius 3 is 2.60 bits per heavy atom. The Bertz CT molecular complexity index is 1440. The highest BCUT2D eigenvalue weighted by molar-refractivity contribution is 7.95. The molecule has 11 heteroatoms. The highest BCUT2D eigenvalue weighted by Crippen LogP contribution is 2.42. The van der Waals surface area contributed by atoms with E-state index < -0.39 is 25.8 Å². The van der Waals surface area contributed by atoms with Crippen LogP contribution in [0.25, 0.3) is 22.7 Å². The van der Waals surface area contributed by atoms with Gasteiger partial charge < -0.3 is 15.0 Å². The Morgan fingerprint density at radius 1 is 1.17 bits per heavy atom. The smallest absolute Gasteiger partial charge is 0.232 e. The monoisotopic (exact) mass is 498 g/mol. The number of aliphatic imine (C=N–C) groups is 1. The Kier molecular flexibility index (Phi) is 5.42. The Hall–Kier alpha value is -3.34. The minimum atomic E-state index is -2.80. The average Bonchev–Trinajstić information content (AvgIpc) is 3.49. The summed E-state index contributed by atoms with van der Waals surface area (Å²) in [7, 11) is -1.29. The van der Waals surface area contributed by atoms with E-state index in [1.54, 1.807) is 39.0 Å². The fourth-order valence-corrected chi connectivity index (χ4v) is 6.81. The first-order valence-electron chi connectivity index (χ1n) is 11.3. The van der Waals surface area contributed by atoms with Crippen molar-refractivity contribution in [3.05, 3.63) is 48.0 Å². The topological polar surface area (TPSA) is 129 Å². The van der Waals surface area contributed by atoms with Crippen LogP contribution in [0, 0.1) is 5.82 Å². The lowest BCUT2D eigenvalue weighted by molar-refractivity contribution is 0.395. The number of amidine groups is 1. The third kappa shape index (κ3) is 4.07. The zero-order valence-electron chi connectivity index (χ0n) is 20.0. The van der Waals surface area contributed by atoms with E-state index in [-0.39, 0.29) is 23.2 Å². The molecule has 0 radical (unpaired) electrons. The summed E-state index contributed by atoms with van der Waals surface area (Å²) in [4.78, 5) is 13.1. The molecule has 1 aliphatic carbocycles. The van der Waals surface area contributed by atoms with Crippen LogP contribution in [-0.2, 0) is 15.3 Å². The molecule has 0 saturated heterocycles. The minimum Gasteiger partial charge on any atom is -0.480 e. The van der Waals surface area contributed by atoms with Gasteiger partial charge in [-0.1, -0.05) is 5.16 Å². The van der Waals surface area contributed by atoms with Gasteiger partial charge in [-0.2, -0.15) is 0 Å². The second kappa shape index (κ2) is 8.11. The van der Waals surface area contributed by atoms with Gasteiger partial charge >= 0.3 is 0 Å². The third-order valence-electron chi connectivity index (χ3n) is 6.57. The number of hydrogen-bond donors (Lipinski definition) is 1. The lowest BCUT2D eigenvalue weighted by Crippen LogP contribution is -2.55. The summed E-state index contributed by atoms with van der Waals surface area (Å²) in [6.45, 7) is 5.34. The Labute approximate surface area is 203 Å². The van der Waals surface area contributed by atoms with Gasteiger partial charge in [0.15, 0.2) is 5.76 Å². The predicted molar refractivity (Wildman–Crippen MR) is 131 cm³/mol. The number of ether oxygens (including phenoxy) is 1. The van der Waals surface area contributed by atoms with Gasteiger partial charge in [0.1, 0.15) is 33.3 Å². The van der Waals surface area contributed by atoms with Gasteiger partial charge in [-0.05, 0) is 51.8 Å². The van der Waals surface area contributed by atoms with Crippen molar-refractivity contribution < 1.29 is 17.9 Å². The number of rotatable bonds is 5. The Morgan fingerprint density at radius 2 is 1.94 bits per heavy atom. The van der Waals surface area contributed by atoms with E-state index >= 15 is 4.39 Å². The second-order valence-electron chi connectivity index (χ2n) is 9.62. The zero-order chi connectivity index (χ0) is 25.0. The molecule has 1 aromatic carbocycles. The first-order valence-corrected chi connectivity index (χ1v) is 13.0. The molecule has 1 saturated carbocycles. The second-order valence-corrected chi connectivity index (χ2v) is 12.4. The number of nitrogens with zero attached hydrogens (tertiary/aromatic N) is 5. The highest BCUT2D eigenvalue weighted by Gasteiger charge is 2.49. The van der Waals surface area contributed by atoms with Gasteiger partial charge in [-0.25, -0.2) is 22.9 Å². The molecular weight excluding hydrogens is 471 g/mol. The molecule has 1 unspecified atom stereocenters. The van der Waals surface area contributed by atoms with Crippen LogP contribution in [0.2, 0.25) is 0 Å². The summed E-state index contributed by atoms with van der Waals surface area (Å²) in [5.41, 5.74) is 7.01. The summed E-state index contributed by atoms with van der Waals surface area (Å²) in [6, 6.07) is 6.35. The van der Waals surface area contributed by atoms with Crippen molar-refractivity contribution in [3.63, 3.8) is 0 Å². The molecule has 9 nitrogen and oxygen atoms in total. The van der Waals surface area contributed by atoms with E-state index in [9.17, 15) is 4.21 Å². The molecule has 184 valence electrons. The van der Waals surface area contributed by atoms with Crippen LogP contribution in [0.4, 0.5) is 4.39 Å². The van der Waals surface area contributed by atoms with Gasteiger partial charge in [-0.15, -0.1) is 0 Å². The van der Waals surface area contributed by atoms with Gasteiger partial charge in [0.05, 0.1) is 41.0 Å². The normalized spacial score (nSPS) is 25.7. The molecule has 2 aromatic heterocycles. The molecule has 5 rings (SSSR count). The molecule has 0 spiro atoms. The van der Waals surface area contributed by atoms with Crippen LogP contribution >= 0.6 is 0 Å². The maximum absolute atomic E-state index is 15.2. The first-order chi connectivity index (χ1) is 16.5. The van der Waals surface area contributed by atoms with E-state index in [0.717, 1.165) is 12.8 Å². The maximum Gasteiger partial charge on any atom is 0.232 e. The van der Waals surface area contributed by atoms with Gasteiger partial charge in [-0.3, -0.25) is 4.99 Å². The molecule has 2 N–H and O–H groups in total. The molecule has 3 heterocycles. The molecule has 1 aliphatic heterocycles. The average molecular weight is 499 g/mol. The molecule has 35 heavy (non-hydrogen) atoms. The van der Waals surface area contributed by atoms with Gasteiger partial charge in [0.25, 0.3) is 0 Å². The van der Waals surface area contributed by atoms with Crippen molar-refractivity contribution in [3.8, 4) is 28.6 Å². The molecule has 0 amide bonds. The fraction of sp³-hybridized carbons (Fsp3) is 0.417. The highest BCUT2D eigenvalue weighted by atomic mass is 32.2. The molecule has 2 aliphatic rings. The van der Waals surface area contributed by atoms with Gasteiger partial charge in [0.2, 0.25) is 5.88 Å². The van der Waals surface area contributed by atoms with Crippen molar-refractivity contribution in [2.75, 3.05) is 12.9 Å². The van der Waals surface area contributed by atoms with Crippen LogP contribution in [-0.4, -0.2) is 48.8 Å². The fourth-order valence-electron chi connectivity index (χ4n) is 4.06. The van der Waals surface area contributed by atoms with Crippen LogP contribution in [0.1, 0.15) is 39.2 Å². The number of aromatic nitrogens is 3. The van der Waals surface area contributed by atoms with Crippen molar-refractivity contribution in [1.29, 1.82) is 0 Å².